The maximum absolute atomic E-state index is 12.8. The number of aryl methyl sites for hydroxylation is 1. The number of pyridine rings is 1. The standard InChI is InChI=1S/C25H31ClN6O4/c1-14-6-15(2)12-32(11-14)25-28-10-18(26)23(30-25)29-17-7-16-8-20(36-13-21(33)27-3)24(34)31(4)22(16)19(9-17)35-5/h7-10,14-15H,6,11-13H2,1-5H3,(H,27,33)(H,28,29,30)/t14-,15+. The van der Waals surface area contributed by atoms with Gasteiger partial charge in [0.05, 0.1) is 18.8 Å². The molecule has 11 heteroatoms. The second kappa shape index (κ2) is 10.6. The number of nitrogens with one attached hydrogen (secondary N) is 2. The third-order valence-corrected chi connectivity index (χ3v) is 6.52. The van der Waals surface area contributed by atoms with Crippen molar-refractivity contribution < 1.29 is 14.3 Å². The van der Waals surface area contributed by atoms with Crippen LogP contribution in [-0.2, 0) is 11.8 Å². The number of rotatable bonds is 7. The fourth-order valence-corrected chi connectivity index (χ4v) is 4.81. The molecule has 0 radical (unpaired) electrons. The summed E-state index contributed by atoms with van der Waals surface area (Å²) in [6.45, 7) is 5.99. The normalized spacial score (nSPS) is 17.7. The van der Waals surface area contributed by atoms with Crippen molar-refractivity contribution in [2.45, 2.75) is 20.3 Å². The molecular weight excluding hydrogens is 484 g/mol. The van der Waals surface area contributed by atoms with E-state index in [2.05, 4.69) is 34.4 Å². The van der Waals surface area contributed by atoms with Gasteiger partial charge in [0, 0.05) is 44.3 Å². The topological polar surface area (TPSA) is 111 Å². The van der Waals surface area contributed by atoms with Crippen LogP contribution in [0.25, 0.3) is 10.9 Å². The minimum atomic E-state index is -0.376. The molecule has 1 fully saturated rings. The molecule has 1 aliphatic heterocycles. The van der Waals surface area contributed by atoms with Crippen LogP contribution in [0.5, 0.6) is 11.5 Å². The van der Waals surface area contributed by atoms with Gasteiger partial charge in [0.1, 0.15) is 10.8 Å². The van der Waals surface area contributed by atoms with Crippen LogP contribution in [-0.4, -0.2) is 54.3 Å². The van der Waals surface area contributed by atoms with Crippen molar-refractivity contribution in [2.75, 3.05) is 44.1 Å². The maximum Gasteiger partial charge on any atom is 0.293 e. The molecule has 3 aromatic rings. The van der Waals surface area contributed by atoms with Crippen LogP contribution in [0.1, 0.15) is 20.3 Å². The van der Waals surface area contributed by atoms with E-state index in [1.54, 1.807) is 25.4 Å². The van der Waals surface area contributed by atoms with Crippen molar-refractivity contribution >= 4 is 45.9 Å². The highest BCUT2D eigenvalue weighted by molar-refractivity contribution is 6.32. The van der Waals surface area contributed by atoms with Gasteiger partial charge < -0.3 is 29.6 Å². The first-order chi connectivity index (χ1) is 17.2. The van der Waals surface area contributed by atoms with Gasteiger partial charge in [0.15, 0.2) is 18.2 Å². The summed E-state index contributed by atoms with van der Waals surface area (Å²) in [5, 5.41) is 6.80. The van der Waals surface area contributed by atoms with Gasteiger partial charge in [-0.05, 0) is 30.4 Å². The minimum Gasteiger partial charge on any atom is -0.494 e. The molecule has 0 unspecified atom stereocenters. The fraction of sp³-hybridized carbons (Fsp3) is 0.440. The van der Waals surface area contributed by atoms with Gasteiger partial charge in [-0.25, -0.2) is 4.98 Å². The van der Waals surface area contributed by atoms with E-state index in [1.807, 2.05) is 6.07 Å². The summed E-state index contributed by atoms with van der Waals surface area (Å²) in [7, 11) is 4.66. The lowest BCUT2D eigenvalue weighted by Crippen LogP contribution is -2.39. The van der Waals surface area contributed by atoms with E-state index in [0.29, 0.717) is 51.0 Å². The molecule has 192 valence electrons. The molecule has 0 spiro atoms. The molecule has 2 N–H and O–H groups in total. The SMILES string of the molecule is CNC(=O)COc1cc2cc(Nc3nc(N4C[C@H](C)C[C@H](C)C4)ncc3Cl)cc(OC)c2n(C)c1=O. The summed E-state index contributed by atoms with van der Waals surface area (Å²) in [5.41, 5.74) is 0.868. The summed E-state index contributed by atoms with van der Waals surface area (Å²) in [4.78, 5) is 35.8. The molecule has 1 amide bonds. The van der Waals surface area contributed by atoms with E-state index in [-0.39, 0.29) is 23.8 Å². The number of ether oxygens (including phenoxy) is 2. The van der Waals surface area contributed by atoms with Crippen LogP contribution in [0.2, 0.25) is 5.02 Å². The monoisotopic (exact) mass is 514 g/mol. The van der Waals surface area contributed by atoms with Crippen LogP contribution >= 0.6 is 11.6 Å². The van der Waals surface area contributed by atoms with Crippen molar-refractivity contribution in [3.63, 3.8) is 0 Å². The number of benzene rings is 1. The minimum absolute atomic E-state index is 0.0588. The number of amides is 1. The van der Waals surface area contributed by atoms with E-state index in [9.17, 15) is 9.59 Å². The molecule has 0 aliphatic carbocycles. The lowest BCUT2D eigenvalue weighted by Gasteiger charge is -2.35. The van der Waals surface area contributed by atoms with Crippen molar-refractivity contribution in [3.8, 4) is 11.5 Å². The predicted molar refractivity (Wildman–Crippen MR) is 141 cm³/mol. The second-order valence-corrected chi connectivity index (χ2v) is 9.70. The van der Waals surface area contributed by atoms with Gasteiger partial charge in [0.25, 0.3) is 11.5 Å². The zero-order valence-electron chi connectivity index (χ0n) is 21.1. The summed E-state index contributed by atoms with van der Waals surface area (Å²) in [5.74, 6) is 2.41. The number of aromatic nitrogens is 3. The summed E-state index contributed by atoms with van der Waals surface area (Å²) < 4.78 is 12.5. The number of carbonyl (C=O) groups is 1. The fourth-order valence-electron chi connectivity index (χ4n) is 4.68. The number of nitrogens with zero attached hydrogens (tertiary/aromatic N) is 4. The molecule has 4 rings (SSSR count). The van der Waals surface area contributed by atoms with Crippen molar-refractivity contribution in [1.82, 2.24) is 19.9 Å². The predicted octanol–water partition coefficient (Wildman–Crippen LogP) is 3.34. The zero-order chi connectivity index (χ0) is 26.0. The number of anilines is 3. The molecule has 36 heavy (non-hydrogen) atoms. The van der Waals surface area contributed by atoms with Crippen LogP contribution < -0.4 is 30.6 Å². The Balaban J connectivity index is 1.70. The number of piperidine rings is 1. The highest BCUT2D eigenvalue weighted by Crippen LogP contribution is 2.34. The Hall–Kier alpha value is -3.53. The Morgan fingerprint density at radius 2 is 1.92 bits per heavy atom. The zero-order valence-corrected chi connectivity index (χ0v) is 21.8. The lowest BCUT2D eigenvalue weighted by atomic mass is 9.92. The van der Waals surface area contributed by atoms with Crippen LogP contribution in [0.15, 0.2) is 29.2 Å². The molecule has 0 bridgehead atoms. The third-order valence-electron chi connectivity index (χ3n) is 6.25. The number of hydrogen-bond acceptors (Lipinski definition) is 8. The summed E-state index contributed by atoms with van der Waals surface area (Å²) in [6, 6.07) is 5.21. The van der Waals surface area contributed by atoms with E-state index in [4.69, 9.17) is 26.1 Å². The average Bonchev–Trinajstić information content (AvgIpc) is 2.85. The number of methoxy groups -OCH3 is 1. The molecule has 1 aliphatic rings. The average molecular weight is 515 g/mol. The highest BCUT2D eigenvalue weighted by atomic mass is 35.5. The Kier molecular flexibility index (Phi) is 7.53. The second-order valence-electron chi connectivity index (χ2n) is 9.29. The molecule has 1 aromatic carbocycles. The number of carbonyl (C=O) groups excluding carboxylic acids is 1. The Bertz CT molecular complexity index is 1330. The Morgan fingerprint density at radius 3 is 2.58 bits per heavy atom. The van der Waals surface area contributed by atoms with Gasteiger partial charge in [0.2, 0.25) is 5.95 Å². The quantitative estimate of drug-likeness (QED) is 0.494. The van der Waals surface area contributed by atoms with E-state index in [1.165, 1.54) is 25.1 Å². The number of halogens is 1. The first kappa shape index (κ1) is 25.6. The highest BCUT2D eigenvalue weighted by Gasteiger charge is 2.24. The first-order valence-electron chi connectivity index (χ1n) is 11.8. The number of hydrogen-bond donors (Lipinski definition) is 2. The van der Waals surface area contributed by atoms with E-state index < -0.39 is 0 Å². The molecule has 3 heterocycles. The van der Waals surface area contributed by atoms with Gasteiger partial charge >= 0.3 is 0 Å². The van der Waals surface area contributed by atoms with Gasteiger partial charge in [-0.3, -0.25) is 9.59 Å². The smallest absolute Gasteiger partial charge is 0.293 e. The van der Waals surface area contributed by atoms with Crippen molar-refractivity contribution in [2.24, 2.45) is 18.9 Å². The van der Waals surface area contributed by atoms with Crippen LogP contribution in [0.3, 0.4) is 0 Å². The molecular formula is C25H31ClN6O4. The first-order valence-corrected chi connectivity index (χ1v) is 12.2. The van der Waals surface area contributed by atoms with Crippen LogP contribution in [0, 0.1) is 11.8 Å². The summed E-state index contributed by atoms with van der Waals surface area (Å²) >= 11 is 6.45. The number of likely N-dealkylation sites (N-methyl/N-ethyl adjacent to an activating group) is 1. The third kappa shape index (κ3) is 5.33. The molecule has 0 saturated carbocycles. The van der Waals surface area contributed by atoms with Gasteiger partial charge in [-0.15, -0.1) is 0 Å². The maximum atomic E-state index is 12.8. The van der Waals surface area contributed by atoms with Crippen molar-refractivity contribution in [3.05, 3.63) is 39.8 Å². The lowest BCUT2D eigenvalue weighted by molar-refractivity contribution is -0.122. The molecule has 2 atom stereocenters. The largest absolute Gasteiger partial charge is 0.494 e. The summed E-state index contributed by atoms with van der Waals surface area (Å²) in [6.07, 6.45) is 2.78. The van der Waals surface area contributed by atoms with E-state index >= 15 is 0 Å². The van der Waals surface area contributed by atoms with Gasteiger partial charge in [-0.2, -0.15) is 4.98 Å². The Labute approximate surface area is 214 Å². The van der Waals surface area contributed by atoms with Gasteiger partial charge in [-0.1, -0.05) is 25.4 Å². The van der Waals surface area contributed by atoms with Crippen LogP contribution in [0.4, 0.5) is 17.5 Å². The Morgan fingerprint density at radius 1 is 1.19 bits per heavy atom. The van der Waals surface area contributed by atoms with E-state index in [0.717, 1.165) is 13.1 Å². The molecule has 1 saturated heterocycles. The molecule has 10 nitrogen and oxygen atoms in total. The van der Waals surface area contributed by atoms with Crippen molar-refractivity contribution in [1.29, 1.82) is 0 Å². The molecule has 2 aromatic heterocycles. The number of fused-ring (bicyclic) bond motifs is 1.